The standard InChI is InChI=1S/C15H26F3N5O.HI/c1-11(2)13-8-12(24-22-13)9-21-14(19-3)20-6-5-7-23(4)10-15(16,17)18;/h8,11H,5-7,9-10H2,1-4H3,(H2,19,20,21);1H. The van der Waals surface area contributed by atoms with E-state index in [4.69, 9.17) is 4.52 Å². The predicted molar refractivity (Wildman–Crippen MR) is 102 cm³/mol. The quantitative estimate of drug-likeness (QED) is 0.261. The Bertz CT molecular complexity index is 520. The van der Waals surface area contributed by atoms with Gasteiger partial charge < -0.3 is 15.2 Å². The Hall–Kier alpha value is -1.04. The van der Waals surface area contributed by atoms with Crippen molar-refractivity contribution >= 4 is 29.9 Å². The molecule has 0 unspecified atom stereocenters. The second-order valence-electron chi connectivity index (χ2n) is 5.93. The number of rotatable bonds is 8. The topological polar surface area (TPSA) is 65.7 Å². The lowest BCUT2D eigenvalue weighted by Crippen LogP contribution is -2.38. The van der Waals surface area contributed by atoms with Gasteiger partial charge in [-0.3, -0.25) is 9.89 Å². The Labute approximate surface area is 163 Å². The van der Waals surface area contributed by atoms with E-state index in [1.54, 1.807) is 7.05 Å². The van der Waals surface area contributed by atoms with Crippen molar-refractivity contribution < 1.29 is 17.7 Å². The Balaban J connectivity index is 0.00000576. The molecule has 0 spiro atoms. The Morgan fingerprint density at radius 2 is 2.04 bits per heavy atom. The number of alkyl halides is 3. The molecule has 0 amide bonds. The van der Waals surface area contributed by atoms with Gasteiger partial charge >= 0.3 is 6.18 Å². The highest BCUT2D eigenvalue weighted by Crippen LogP contribution is 2.15. The maximum absolute atomic E-state index is 12.2. The van der Waals surface area contributed by atoms with Gasteiger partial charge in [0.15, 0.2) is 11.7 Å². The summed E-state index contributed by atoms with van der Waals surface area (Å²) < 4.78 is 41.8. The number of aromatic nitrogens is 1. The molecular formula is C15H27F3IN5O. The SMILES string of the molecule is CN=C(NCCCN(C)CC(F)(F)F)NCc1cc(C(C)C)no1.I. The van der Waals surface area contributed by atoms with Crippen LogP contribution >= 0.6 is 24.0 Å². The minimum absolute atomic E-state index is 0. The zero-order valence-corrected chi connectivity index (χ0v) is 17.3. The zero-order valence-electron chi connectivity index (χ0n) is 15.0. The third kappa shape index (κ3) is 10.5. The minimum Gasteiger partial charge on any atom is -0.359 e. The highest BCUT2D eigenvalue weighted by Gasteiger charge is 2.28. The number of hydrogen-bond donors (Lipinski definition) is 2. The summed E-state index contributed by atoms with van der Waals surface area (Å²) in [5.74, 6) is 1.57. The summed E-state index contributed by atoms with van der Waals surface area (Å²) in [7, 11) is 3.09. The molecule has 0 aliphatic heterocycles. The van der Waals surface area contributed by atoms with Crippen LogP contribution in [0.1, 0.15) is 37.6 Å². The third-order valence-electron chi connectivity index (χ3n) is 3.28. The molecule has 0 radical (unpaired) electrons. The summed E-state index contributed by atoms with van der Waals surface area (Å²) in [6.45, 7) is 4.48. The van der Waals surface area contributed by atoms with Gasteiger partial charge in [-0.1, -0.05) is 19.0 Å². The van der Waals surface area contributed by atoms with Crippen molar-refractivity contribution in [1.29, 1.82) is 0 Å². The Morgan fingerprint density at radius 3 is 2.56 bits per heavy atom. The van der Waals surface area contributed by atoms with Gasteiger partial charge in [-0.15, -0.1) is 24.0 Å². The van der Waals surface area contributed by atoms with Gasteiger partial charge in [0.25, 0.3) is 0 Å². The van der Waals surface area contributed by atoms with Crippen molar-refractivity contribution in [2.75, 3.05) is 33.7 Å². The second kappa shape index (κ2) is 11.6. The molecule has 1 rings (SSSR count). The van der Waals surface area contributed by atoms with Crippen LogP contribution in [0.15, 0.2) is 15.6 Å². The minimum atomic E-state index is -4.16. The summed E-state index contributed by atoms with van der Waals surface area (Å²) in [5, 5.41) is 10.1. The van der Waals surface area contributed by atoms with Crippen LogP contribution in [-0.2, 0) is 6.54 Å². The molecule has 0 atom stereocenters. The normalized spacial score (nSPS) is 12.4. The van der Waals surface area contributed by atoms with Gasteiger partial charge in [0, 0.05) is 19.7 Å². The number of aliphatic imine (C=N–C) groups is 1. The molecule has 25 heavy (non-hydrogen) atoms. The summed E-state index contributed by atoms with van der Waals surface area (Å²) in [6.07, 6.45) is -3.58. The molecule has 0 aliphatic rings. The average Bonchev–Trinajstić information content (AvgIpc) is 2.93. The van der Waals surface area contributed by atoms with Crippen LogP contribution in [0.5, 0.6) is 0 Å². The van der Waals surface area contributed by atoms with Crippen LogP contribution in [0.4, 0.5) is 13.2 Å². The molecule has 2 N–H and O–H groups in total. The third-order valence-corrected chi connectivity index (χ3v) is 3.28. The summed E-state index contributed by atoms with van der Waals surface area (Å²) in [5.41, 5.74) is 0.891. The van der Waals surface area contributed by atoms with Crippen LogP contribution < -0.4 is 10.6 Å². The smallest absolute Gasteiger partial charge is 0.359 e. The van der Waals surface area contributed by atoms with E-state index in [0.29, 0.717) is 43.7 Å². The van der Waals surface area contributed by atoms with Crippen molar-refractivity contribution in [3.63, 3.8) is 0 Å². The Morgan fingerprint density at radius 1 is 1.36 bits per heavy atom. The van der Waals surface area contributed by atoms with E-state index < -0.39 is 12.7 Å². The molecule has 0 saturated heterocycles. The summed E-state index contributed by atoms with van der Waals surface area (Å²) in [6, 6.07) is 1.89. The first-order valence-corrected chi connectivity index (χ1v) is 7.86. The van der Waals surface area contributed by atoms with E-state index in [1.165, 1.54) is 11.9 Å². The fraction of sp³-hybridized carbons (Fsp3) is 0.733. The maximum atomic E-state index is 12.2. The van der Waals surface area contributed by atoms with Crippen molar-refractivity contribution in [2.45, 2.75) is 38.9 Å². The number of nitrogens with one attached hydrogen (secondary N) is 2. The zero-order chi connectivity index (χ0) is 18.2. The van der Waals surface area contributed by atoms with Crippen LogP contribution in [0.25, 0.3) is 0 Å². The first-order valence-electron chi connectivity index (χ1n) is 7.86. The second-order valence-corrected chi connectivity index (χ2v) is 5.93. The number of guanidine groups is 1. The molecule has 0 bridgehead atoms. The van der Waals surface area contributed by atoms with E-state index in [9.17, 15) is 13.2 Å². The van der Waals surface area contributed by atoms with Crippen molar-refractivity contribution in [2.24, 2.45) is 4.99 Å². The van der Waals surface area contributed by atoms with Gasteiger partial charge in [-0.25, -0.2) is 0 Å². The van der Waals surface area contributed by atoms with Gasteiger partial charge in [0.05, 0.1) is 18.8 Å². The molecule has 1 aromatic heterocycles. The molecule has 146 valence electrons. The highest BCUT2D eigenvalue weighted by molar-refractivity contribution is 14.0. The summed E-state index contributed by atoms with van der Waals surface area (Å²) in [4.78, 5) is 5.31. The van der Waals surface area contributed by atoms with Crippen LogP contribution in [0.2, 0.25) is 0 Å². The predicted octanol–water partition coefficient (Wildman–Crippen LogP) is 2.97. The lowest BCUT2D eigenvalue weighted by Gasteiger charge is -2.18. The van der Waals surface area contributed by atoms with Crippen LogP contribution in [0.3, 0.4) is 0 Å². The molecule has 0 fully saturated rings. The van der Waals surface area contributed by atoms with Crippen molar-refractivity contribution in [3.8, 4) is 0 Å². The average molecular weight is 477 g/mol. The molecule has 10 heteroatoms. The number of hydrogen-bond acceptors (Lipinski definition) is 4. The monoisotopic (exact) mass is 477 g/mol. The first kappa shape index (κ1) is 24.0. The molecule has 0 aliphatic carbocycles. The fourth-order valence-electron chi connectivity index (χ4n) is 2.02. The number of nitrogens with zero attached hydrogens (tertiary/aromatic N) is 3. The molecular weight excluding hydrogens is 450 g/mol. The van der Waals surface area contributed by atoms with E-state index in [2.05, 4.69) is 20.8 Å². The van der Waals surface area contributed by atoms with Gasteiger partial charge in [-0.05, 0) is 25.9 Å². The van der Waals surface area contributed by atoms with Crippen LogP contribution in [-0.4, -0.2) is 55.9 Å². The molecule has 1 heterocycles. The molecule has 0 saturated carbocycles. The van der Waals surface area contributed by atoms with Gasteiger partial charge in [0.2, 0.25) is 0 Å². The number of halogens is 4. The van der Waals surface area contributed by atoms with Gasteiger partial charge in [0.1, 0.15) is 0 Å². The largest absolute Gasteiger partial charge is 0.401 e. The van der Waals surface area contributed by atoms with E-state index in [0.717, 1.165) is 5.69 Å². The first-order chi connectivity index (χ1) is 11.2. The maximum Gasteiger partial charge on any atom is 0.401 e. The molecule has 1 aromatic rings. The van der Waals surface area contributed by atoms with Crippen molar-refractivity contribution in [1.82, 2.24) is 20.7 Å². The molecule has 0 aromatic carbocycles. The lowest BCUT2D eigenvalue weighted by molar-refractivity contribution is -0.143. The Kier molecular flexibility index (Phi) is 11.1. The van der Waals surface area contributed by atoms with Gasteiger partial charge in [-0.2, -0.15) is 13.2 Å². The van der Waals surface area contributed by atoms with E-state index in [-0.39, 0.29) is 24.0 Å². The van der Waals surface area contributed by atoms with E-state index >= 15 is 0 Å². The summed E-state index contributed by atoms with van der Waals surface area (Å²) >= 11 is 0. The lowest BCUT2D eigenvalue weighted by atomic mass is 10.1. The highest BCUT2D eigenvalue weighted by atomic mass is 127. The van der Waals surface area contributed by atoms with Crippen LogP contribution in [0, 0.1) is 0 Å². The fourth-order valence-corrected chi connectivity index (χ4v) is 2.02. The van der Waals surface area contributed by atoms with E-state index in [1.807, 2.05) is 19.9 Å². The molecule has 6 nitrogen and oxygen atoms in total. The van der Waals surface area contributed by atoms with Crippen molar-refractivity contribution in [3.05, 3.63) is 17.5 Å².